The molecule has 0 bridgehead atoms. The third kappa shape index (κ3) is 4.91. The molecule has 0 aliphatic rings. The second kappa shape index (κ2) is 6.17. The lowest BCUT2D eigenvalue weighted by Crippen LogP contribution is -2.28. The van der Waals surface area contributed by atoms with Crippen LogP contribution in [0.2, 0.25) is 0 Å². The van der Waals surface area contributed by atoms with Gasteiger partial charge < -0.3 is 4.52 Å². The van der Waals surface area contributed by atoms with Gasteiger partial charge in [-0.05, 0) is 13.3 Å². The summed E-state index contributed by atoms with van der Waals surface area (Å²) in [5.41, 5.74) is 0. The summed E-state index contributed by atoms with van der Waals surface area (Å²) in [5, 5.41) is 3.60. The minimum absolute atomic E-state index is 0.0410. The average Bonchev–Trinajstić information content (AvgIpc) is 2.61. The van der Waals surface area contributed by atoms with E-state index in [4.69, 9.17) is 16.1 Å². The predicted molar refractivity (Wildman–Crippen MR) is 59.9 cm³/mol. The van der Waals surface area contributed by atoms with Crippen molar-refractivity contribution in [3.8, 4) is 0 Å². The van der Waals surface area contributed by atoms with E-state index in [1.165, 1.54) is 0 Å². The first kappa shape index (κ1) is 13.4. The Labute approximate surface area is 99.4 Å². The van der Waals surface area contributed by atoms with Gasteiger partial charge in [0.2, 0.25) is 15.9 Å². The predicted octanol–water partition coefficient (Wildman–Crippen LogP) is 0.469. The average molecular weight is 268 g/mol. The first-order valence-electron chi connectivity index (χ1n) is 4.86. The van der Waals surface area contributed by atoms with Crippen LogP contribution in [0.25, 0.3) is 0 Å². The molecule has 1 rings (SSSR count). The van der Waals surface area contributed by atoms with Gasteiger partial charge in [-0.2, -0.15) is 4.98 Å². The maximum Gasteiger partial charge on any atom is 0.227 e. The number of nitrogens with zero attached hydrogens (tertiary/aromatic N) is 2. The van der Waals surface area contributed by atoms with Gasteiger partial charge in [0.05, 0.1) is 5.75 Å². The number of rotatable bonds is 7. The molecule has 0 fully saturated rings. The molecule has 1 N–H and O–H groups in total. The van der Waals surface area contributed by atoms with Gasteiger partial charge in [-0.15, -0.1) is 11.6 Å². The molecule has 0 unspecified atom stereocenters. The van der Waals surface area contributed by atoms with Crippen molar-refractivity contribution in [2.45, 2.75) is 19.8 Å². The Morgan fingerprint density at radius 1 is 1.50 bits per heavy atom. The van der Waals surface area contributed by atoms with Gasteiger partial charge >= 0.3 is 0 Å². The van der Waals surface area contributed by atoms with Crippen molar-refractivity contribution >= 4 is 21.6 Å². The highest BCUT2D eigenvalue weighted by Crippen LogP contribution is 1.97. The molecule has 16 heavy (non-hydrogen) atoms. The minimum atomic E-state index is -3.23. The summed E-state index contributed by atoms with van der Waals surface area (Å²) in [5.74, 6) is 1.35. The van der Waals surface area contributed by atoms with E-state index >= 15 is 0 Å². The summed E-state index contributed by atoms with van der Waals surface area (Å²) in [4.78, 5) is 3.96. The first-order chi connectivity index (χ1) is 7.53. The van der Waals surface area contributed by atoms with Crippen LogP contribution in [0.5, 0.6) is 0 Å². The smallest absolute Gasteiger partial charge is 0.227 e. The van der Waals surface area contributed by atoms with E-state index in [2.05, 4.69) is 14.9 Å². The lowest BCUT2D eigenvalue weighted by atomic mass is 10.4. The van der Waals surface area contributed by atoms with Gasteiger partial charge in [-0.1, -0.05) is 5.16 Å². The zero-order valence-corrected chi connectivity index (χ0v) is 10.5. The van der Waals surface area contributed by atoms with Gasteiger partial charge in [0.15, 0.2) is 5.82 Å². The molecule has 0 amide bonds. The Balaban J connectivity index is 2.29. The number of aryl methyl sites for hydroxylation is 1. The first-order valence-corrected chi connectivity index (χ1v) is 7.04. The van der Waals surface area contributed by atoms with Crippen LogP contribution in [-0.4, -0.2) is 36.7 Å². The normalized spacial score (nSPS) is 11.9. The van der Waals surface area contributed by atoms with Crippen molar-refractivity contribution in [1.29, 1.82) is 0 Å². The summed E-state index contributed by atoms with van der Waals surface area (Å²) in [6.07, 6.45) is 0.831. The van der Waals surface area contributed by atoms with E-state index in [9.17, 15) is 8.42 Å². The second-order valence-corrected chi connectivity index (χ2v) is 5.55. The molecule has 92 valence electrons. The van der Waals surface area contributed by atoms with E-state index in [-0.39, 0.29) is 12.3 Å². The van der Waals surface area contributed by atoms with Crippen LogP contribution in [0.3, 0.4) is 0 Å². The fourth-order valence-corrected chi connectivity index (χ4v) is 2.45. The molecule has 1 aromatic rings. The largest absolute Gasteiger partial charge is 0.339 e. The summed E-state index contributed by atoms with van der Waals surface area (Å²) >= 11 is 5.41. The molecule has 0 spiro atoms. The van der Waals surface area contributed by atoms with Crippen molar-refractivity contribution in [2.24, 2.45) is 0 Å². The number of hydrogen-bond acceptors (Lipinski definition) is 5. The topological polar surface area (TPSA) is 85.1 Å². The molecule has 8 heteroatoms. The third-order valence-corrected chi connectivity index (χ3v) is 3.51. The van der Waals surface area contributed by atoms with Crippen LogP contribution >= 0.6 is 11.6 Å². The van der Waals surface area contributed by atoms with Crippen LogP contribution in [0.4, 0.5) is 0 Å². The fourth-order valence-electron chi connectivity index (χ4n) is 1.07. The Hall–Kier alpha value is -0.660. The molecular formula is C8H14ClN3O3S. The highest BCUT2D eigenvalue weighted by atomic mass is 35.5. The molecule has 6 nitrogen and oxygen atoms in total. The summed E-state index contributed by atoms with van der Waals surface area (Å²) in [7, 11) is -3.23. The van der Waals surface area contributed by atoms with E-state index in [1.807, 2.05) is 0 Å². The monoisotopic (exact) mass is 267 g/mol. The number of sulfonamides is 1. The molecule has 1 aromatic heterocycles. The summed E-state index contributed by atoms with van der Waals surface area (Å²) < 4.78 is 30.0. The zero-order chi connectivity index (χ0) is 12.0. The molecule has 0 aliphatic heterocycles. The van der Waals surface area contributed by atoms with Crippen LogP contribution in [0.15, 0.2) is 4.52 Å². The molecule has 0 aliphatic carbocycles. The Bertz CT molecular complexity index is 418. The number of halogens is 1. The van der Waals surface area contributed by atoms with Crippen LogP contribution in [0.1, 0.15) is 18.1 Å². The van der Waals surface area contributed by atoms with E-state index in [0.717, 1.165) is 0 Å². The standard InChI is InChI=1S/C8H14ClN3O3S/c1-7-11-8(15-12-7)3-5-10-16(13,14)6-2-4-9/h10H,2-6H2,1H3. The minimum Gasteiger partial charge on any atom is -0.339 e. The summed E-state index contributed by atoms with van der Waals surface area (Å²) in [6.45, 7) is 1.96. The van der Waals surface area contributed by atoms with Crippen molar-refractivity contribution < 1.29 is 12.9 Å². The van der Waals surface area contributed by atoms with Gasteiger partial charge in [0.1, 0.15) is 0 Å². The molecule has 0 aromatic carbocycles. The third-order valence-electron chi connectivity index (χ3n) is 1.78. The van der Waals surface area contributed by atoms with Crippen molar-refractivity contribution in [2.75, 3.05) is 18.2 Å². The SMILES string of the molecule is Cc1noc(CCNS(=O)(=O)CCCCl)n1. The van der Waals surface area contributed by atoms with Crippen LogP contribution < -0.4 is 4.72 Å². The van der Waals surface area contributed by atoms with E-state index < -0.39 is 10.0 Å². The van der Waals surface area contributed by atoms with Gasteiger partial charge in [-0.25, -0.2) is 13.1 Å². The Kier molecular flexibility index (Phi) is 5.17. The zero-order valence-electron chi connectivity index (χ0n) is 8.94. The maximum atomic E-state index is 11.3. The lowest BCUT2D eigenvalue weighted by molar-refractivity contribution is 0.375. The molecule has 0 atom stereocenters. The Morgan fingerprint density at radius 2 is 2.25 bits per heavy atom. The number of alkyl halides is 1. The van der Waals surface area contributed by atoms with E-state index in [1.54, 1.807) is 6.92 Å². The fraction of sp³-hybridized carbons (Fsp3) is 0.750. The van der Waals surface area contributed by atoms with E-state index in [0.29, 0.717) is 30.4 Å². The highest BCUT2D eigenvalue weighted by Gasteiger charge is 2.10. The van der Waals surface area contributed by atoms with Crippen LogP contribution in [-0.2, 0) is 16.4 Å². The number of aromatic nitrogens is 2. The number of hydrogen-bond donors (Lipinski definition) is 1. The van der Waals surface area contributed by atoms with Gasteiger partial charge in [0, 0.05) is 18.8 Å². The van der Waals surface area contributed by atoms with Gasteiger partial charge in [0.25, 0.3) is 0 Å². The highest BCUT2D eigenvalue weighted by molar-refractivity contribution is 7.89. The number of nitrogens with one attached hydrogen (secondary N) is 1. The Morgan fingerprint density at radius 3 is 2.81 bits per heavy atom. The molecule has 1 heterocycles. The van der Waals surface area contributed by atoms with Crippen molar-refractivity contribution in [3.05, 3.63) is 11.7 Å². The lowest BCUT2D eigenvalue weighted by Gasteiger charge is -2.03. The molecular weight excluding hydrogens is 254 g/mol. The molecule has 0 radical (unpaired) electrons. The maximum absolute atomic E-state index is 11.3. The van der Waals surface area contributed by atoms with Gasteiger partial charge in [-0.3, -0.25) is 0 Å². The van der Waals surface area contributed by atoms with Crippen molar-refractivity contribution in [3.63, 3.8) is 0 Å². The van der Waals surface area contributed by atoms with Crippen molar-refractivity contribution in [1.82, 2.24) is 14.9 Å². The molecule has 0 saturated heterocycles. The summed E-state index contributed by atoms with van der Waals surface area (Å²) in [6, 6.07) is 0. The quantitative estimate of drug-likeness (QED) is 0.726. The van der Waals surface area contributed by atoms with Crippen LogP contribution in [0, 0.1) is 6.92 Å². The molecule has 0 saturated carbocycles. The second-order valence-electron chi connectivity index (χ2n) is 3.24.